The van der Waals surface area contributed by atoms with Gasteiger partial charge in [-0.15, -0.1) is 0 Å². The van der Waals surface area contributed by atoms with Crippen molar-refractivity contribution in [2.75, 3.05) is 18.5 Å². The normalized spacial score (nSPS) is 17.3. The van der Waals surface area contributed by atoms with E-state index in [-0.39, 0.29) is 30.6 Å². The Kier molecular flexibility index (Phi) is 7.60. The van der Waals surface area contributed by atoms with Crippen LogP contribution in [0.25, 0.3) is 0 Å². The van der Waals surface area contributed by atoms with Crippen molar-refractivity contribution in [2.24, 2.45) is 0 Å². The number of urea groups is 1. The zero-order valence-electron chi connectivity index (χ0n) is 17.9. The quantitative estimate of drug-likeness (QED) is 0.549. The molecular formula is C23H24FN3O6. The number of aliphatic carboxylic acids is 1. The van der Waals surface area contributed by atoms with Crippen LogP contribution >= 0.6 is 0 Å². The van der Waals surface area contributed by atoms with Crippen molar-refractivity contribution in [2.45, 2.75) is 31.8 Å². The molecule has 33 heavy (non-hydrogen) atoms. The summed E-state index contributed by atoms with van der Waals surface area (Å²) in [5, 5.41) is 14.4. The van der Waals surface area contributed by atoms with Crippen LogP contribution in [0, 0.1) is 5.82 Å². The van der Waals surface area contributed by atoms with Crippen LogP contribution in [-0.2, 0) is 14.3 Å². The average Bonchev–Trinajstić information content (AvgIpc) is 3.23. The first-order valence-corrected chi connectivity index (χ1v) is 10.4. The summed E-state index contributed by atoms with van der Waals surface area (Å²) in [6.45, 7) is 1.40. The third-order valence-corrected chi connectivity index (χ3v) is 5.25. The first-order valence-electron chi connectivity index (χ1n) is 10.4. The average molecular weight is 457 g/mol. The molecule has 2 aromatic rings. The molecule has 0 aliphatic carbocycles. The van der Waals surface area contributed by atoms with E-state index < -0.39 is 48.3 Å². The lowest BCUT2D eigenvalue weighted by Crippen LogP contribution is -2.47. The Bertz CT molecular complexity index is 1060. The summed E-state index contributed by atoms with van der Waals surface area (Å²) in [4.78, 5) is 49.7. The number of carbonyl (C=O) groups excluding carboxylic acids is 3. The molecule has 1 aliphatic rings. The number of carbonyl (C=O) groups is 4. The summed E-state index contributed by atoms with van der Waals surface area (Å²) in [7, 11) is 0. The van der Waals surface area contributed by atoms with Gasteiger partial charge in [0.05, 0.1) is 24.8 Å². The fourth-order valence-electron chi connectivity index (χ4n) is 3.81. The molecule has 1 aliphatic heterocycles. The van der Waals surface area contributed by atoms with Gasteiger partial charge in [-0.1, -0.05) is 24.3 Å². The molecule has 174 valence electrons. The molecule has 2 atom stereocenters. The zero-order valence-corrected chi connectivity index (χ0v) is 17.9. The SMILES string of the molecule is CCOC(=O)c1cccc(NC(=O)NCC(=O)N2C(C(=O)O)CCC2c2ccccc2F)c1. The topological polar surface area (TPSA) is 125 Å². The Morgan fingerprint density at radius 1 is 1.12 bits per heavy atom. The molecule has 1 saturated heterocycles. The number of nitrogens with zero attached hydrogens (tertiary/aromatic N) is 1. The number of amides is 3. The van der Waals surface area contributed by atoms with Gasteiger partial charge in [-0.2, -0.15) is 0 Å². The molecule has 3 N–H and O–H groups in total. The van der Waals surface area contributed by atoms with Gasteiger partial charge in [0.2, 0.25) is 5.91 Å². The van der Waals surface area contributed by atoms with Gasteiger partial charge in [0.1, 0.15) is 11.9 Å². The number of likely N-dealkylation sites (tertiary alicyclic amines) is 1. The van der Waals surface area contributed by atoms with Gasteiger partial charge in [-0.05, 0) is 44.0 Å². The van der Waals surface area contributed by atoms with Crippen molar-refractivity contribution in [3.63, 3.8) is 0 Å². The molecule has 1 fully saturated rings. The van der Waals surface area contributed by atoms with E-state index in [1.807, 2.05) is 0 Å². The number of carboxylic acid groups (broad SMARTS) is 1. The highest BCUT2D eigenvalue weighted by molar-refractivity contribution is 5.95. The van der Waals surface area contributed by atoms with Crippen LogP contribution in [0.2, 0.25) is 0 Å². The summed E-state index contributed by atoms with van der Waals surface area (Å²) in [5.41, 5.74) is 0.786. The summed E-state index contributed by atoms with van der Waals surface area (Å²) in [6.07, 6.45) is 0.462. The Labute approximate surface area is 189 Å². The van der Waals surface area contributed by atoms with Gasteiger partial charge in [0, 0.05) is 11.3 Å². The third-order valence-electron chi connectivity index (χ3n) is 5.25. The molecule has 1 heterocycles. The van der Waals surface area contributed by atoms with Crippen LogP contribution in [0.5, 0.6) is 0 Å². The predicted molar refractivity (Wildman–Crippen MR) is 116 cm³/mol. The maximum Gasteiger partial charge on any atom is 0.338 e. The summed E-state index contributed by atoms with van der Waals surface area (Å²) in [5.74, 6) is -2.91. The molecule has 2 aromatic carbocycles. The molecule has 0 bridgehead atoms. The highest BCUT2D eigenvalue weighted by Gasteiger charge is 2.42. The van der Waals surface area contributed by atoms with E-state index in [2.05, 4.69) is 10.6 Å². The van der Waals surface area contributed by atoms with Gasteiger partial charge in [0.15, 0.2) is 0 Å². The maximum absolute atomic E-state index is 14.3. The molecule has 3 amide bonds. The van der Waals surface area contributed by atoms with Crippen LogP contribution in [0.15, 0.2) is 48.5 Å². The Balaban J connectivity index is 1.66. The standard InChI is InChI=1S/C23H24FN3O6/c1-2-33-22(31)14-6-5-7-15(12-14)26-23(32)25-13-20(28)27-18(10-11-19(27)21(29)30)16-8-3-4-9-17(16)24/h3-9,12,18-19H,2,10-11,13H2,1H3,(H,29,30)(H2,25,26,32). The van der Waals surface area contributed by atoms with E-state index in [4.69, 9.17) is 4.74 Å². The Hall–Kier alpha value is -3.95. The fraction of sp³-hybridized carbons (Fsp3) is 0.304. The molecule has 0 radical (unpaired) electrons. The number of benzene rings is 2. The second kappa shape index (κ2) is 10.6. The summed E-state index contributed by atoms with van der Waals surface area (Å²) in [6, 6.07) is 9.39. The second-order valence-electron chi connectivity index (χ2n) is 7.38. The van der Waals surface area contributed by atoms with E-state index in [0.717, 1.165) is 4.90 Å². The van der Waals surface area contributed by atoms with Crippen molar-refractivity contribution < 1.29 is 33.4 Å². The fourth-order valence-corrected chi connectivity index (χ4v) is 3.81. The molecule has 2 unspecified atom stereocenters. The summed E-state index contributed by atoms with van der Waals surface area (Å²) < 4.78 is 19.2. The van der Waals surface area contributed by atoms with E-state index in [1.165, 1.54) is 30.3 Å². The minimum absolute atomic E-state index is 0.174. The number of halogens is 1. The number of hydrogen-bond acceptors (Lipinski definition) is 5. The number of hydrogen-bond donors (Lipinski definition) is 3. The molecule has 9 nitrogen and oxygen atoms in total. The number of rotatable bonds is 7. The minimum atomic E-state index is -1.19. The third kappa shape index (κ3) is 5.65. The van der Waals surface area contributed by atoms with Gasteiger partial charge >= 0.3 is 18.0 Å². The van der Waals surface area contributed by atoms with Crippen molar-refractivity contribution in [1.29, 1.82) is 0 Å². The smallest absolute Gasteiger partial charge is 0.338 e. The Morgan fingerprint density at radius 2 is 1.88 bits per heavy atom. The van der Waals surface area contributed by atoms with Crippen LogP contribution in [0.4, 0.5) is 14.9 Å². The van der Waals surface area contributed by atoms with Gasteiger partial charge in [-0.25, -0.2) is 18.8 Å². The van der Waals surface area contributed by atoms with E-state index in [9.17, 15) is 28.7 Å². The van der Waals surface area contributed by atoms with Gasteiger partial charge in [0.25, 0.3) is 0 Å². The van der Waals surface area contributed by atoms with Gasteiger partial charge < -0.3 is 25.4 Å². The minimum Gasteiger partial charge on any atom is -0.480 e. The molecule has 10 heteroatoms. The highest BCUT2D eigenvalue weighted by Crippen LogP contribution is 2.37. The van der Waals surface area contributed by atoms with E-state index in [1.54, 1.807) is 25.1 Å². The number of anilines is 1. The molecule has 3 rings (SSSR count). The molecule has 0 aromatic heterocycles. The lowest BCUT2D eigenvalue weighted by molar-refractivity contribution is -0.149. The maximum atomic E-state index is 14.3. The number of nitrogens with one attached hydrogen (secondary N) is 2. The van der Waals surface area contributed by atoms with Crippen molar-refractivity contribution in [3.05, 3.63) is 65.5 Å². The lowest BCUT2D eigenvalue weighted by Gasteiger charge is -2.29. The van der Waals surface area contributed by atoms with Crippen LogP contribution in [0.3, 0.4) is 0 Å². The van der Waals surface area contributed by atoms with E-state index >= 15 is 0 Å². The predicted octanol–water partition coefficient (Wildman–Crippen LogP) is 2.94. The molecule has 0 spiro atoms. The number of carboxylic acids is 1. The van der Waals surface area contributed by atoms with Crippen molar-refractivity contribution in [3.8, 4) is 0 Å². The van der Waals surface area contributed by atoms with E-state index in [0.29, 0.717) is 5.69 Å². The van der Waals surface area contributed by atoms with Gasteiger partial charge in [-0.3, -0.25) is 4.79 Å². The lowest BCUT2D eigenvalue weighted by atomic mass is 10.0. The Morgan fingerprint density at radius 3 is 2.58 bits per heavy atom. The van der Waals surface area contributed by atoms with Crippen molar-refractivity contribution in [1.82, 2.24) is 10.2 Å². The monoisotopic (exact) mass is 457 g/mol. The first-order chi connectivity index (χ1) is 15.8. The number of esters is 1. The van der Waals surface area contributed by atoms with Crippen LogP contribution in [0.1, 0.15) is 41.7 Å². The molecular weight excluding hydrogens is 433 g/mol. The van der Waals surface area contributed by atoms with Crippen LogP contribution < -0.4 is 10.6 Å². The molecule has 0 saturated carbocycles. The largest absolute Gasteiger partial charge is 0.480 e. The number of ether oxygens (including phenoxy) is 1. The highest BCUT2D eigenvalue weighted by atomic mass is 19.1. The van der Waals surface area contributed by atoms with Crippen molar-refractivity contribution >= 4 is 29.6 Å². The van der Waals surface area contributed by atoms with Crippen LogP contribution in [-0.4, -0.2) is 53.1 Å². The zero-order chi connectivity index (χ0) is 24.0. The second-order valence-corrected chi connectivity index (χ2v) is 7.38. The first kappa shape index (κ1) is 23.7. The summed E-state index contributed by atoms with van der Waals surface area (Å²) >= 11 is 0.